The Kier molecular flexibility index (Phi) is 4.55. The maximum atomic E-state index is 12.1. The number of carbonyl (C=O) groups excluding carboxylic acids is 2. The van der Waals surface area contributed by atoms with Gasteiger partial charge in [0.15, 0.2) is 6.61 Å². The minimum atomic E-state index is -0.347. The molecule has 0 aromatic heterocycles. The van der Waals surface area contributed by atoms with Gasteiger partial charge in [-0.1, -0.05) is 12.5 Å². The van der Waals surface area contributed by atoms with Gasteiger partial charge in [0.05, 0.1) is 0 Å². The monoisotopic (exact) mass is 316 g/mol. The second kappa shape index (κ2) is 6.60. The Morgan fingerprint density at radius 3 is 2.43 bits per heavy atom. The van der Waals surface area contributed by atoms with E-state index in [1.165, 1.54) is 12.8 Å². The van der Waals surface area contributed by atoms with Gasteiger partial charge in [0.25, 0.3) is 5.91 Å². The topological polar surface area (TPSA) is 67.4 Å². The van der Waals surface area contributed by atoms with E-state index in [2.05, 4.69) is 10.9 Å². The van der Waals surface area contributed by atoms with Gasteiger partial charge in [0.1, 0.15) is 5.75 Å². The summed E-state index contributed by atoms with van der Waals surface area (Å²) in [6, 6.07) is 5.81. The summed E-state index contributed by atoms with van der Waals surface area (Å²) in [5, 5.41) is 0. The molecule has 2 bridgehead atoms. The van der Waals surface area contributed by atoms with Gasteiger partial charge in [-0.2, -0.15) is 0 Å². The van der Waals surface area contributed by atoms with Gasteiger partial charge in [-0.15, -0.1) is 0 Å². The van der Waals surface area contributed by atoms with E-state index in [-0.39, 0.29) is 24.3 Å². The highest BCUT2D eigenvalue weighted by Gasteiger charge is 2.43. The Morgan fingerprint density at radius 2 is 1.83 bits per heavy atom. The van der Waals surface area contributed by atoms with Crippen molar-refractivity contribution >= 4 is 11.8 Å². The predicted octanol–water partition coefficient (Wildman–Crippen LogP) is 2.27. The summed E-state index contributed by atoms with van der Waals surface area (Å²) in [6.45, 7) is 3.85. The molecule has 0 saturated heterocycles. The third kappa shape index (κ3) is 3.84. The molecule has 2 saturated carbocycles. The lowest BCUT2D eigenvalue weighted by Crippen LogP contribution is -2.47. The van der Waals surface area contributed by atoms with Crippen LogP contribution in [0.5, 0.6) is 5.75 Å². The molecule has 3 rings (SSSR count). The molecule has 23 heavy (non-hydrogen) atoms. The van der Waals surface area contributed by atoms with Gasteiger partial charge in [-0.3, -0.25) is 20.4 Å². The molecule has 0 heterocycles. The predicted molar refractivity (Wildman–Crippen MR) is 86.6 cm³/mol. The summed E-state index contributed by atoms with van der Waals surface area (Å²) in [6.07, 6.45) is 4.53. The molecule has 5 nitrogen and oxygen atoms in total. The molecule has 124 valence electrons. The van der Waals surface area contributed by atoms with E-state index >= 15 is 0 Å². The molecular formula is C18H24N2O3. The number of rotatable bonds is 4. The molecule has 0 spiro atoms. The minimum absolute atomic E-state index is 0.0584. The van der Waals surface area contributed by atoms with Crippen molar-refractivity contribution in [2.75, 3.05) is 6.61 Å². The van der Waals surface area contributed by atoms with Gasteiger partial charge in [0, 0.05) is 5.92 Å². The van der Waals surface area contributed by atoms with Crippen LogP contribution in [0.2, 0.25) is 0 Å². The molecule has 2 amide bonds. The molecular weight excluding hydrogens is 292 g/mol. The highest BCUT2D eigenvalue weighted by molar-refractivity contribution is 5.84. The van der Waals surface area contributed by atoms with Crippen molar-refractivity contribution in [2.45, 2.75) is 39.5 Å². The Morgan fingerprint density at radius 1 is 1.09 bits per heavy atom. The number of hydrazine groups is 1. The zero-order valence-corrected chi connectivity index (χ0v) is 13.7. The van der Waals surface area contributed by atoms with Crippen LogP contribution in [-0.2, 0) is 9.59 Å². The lowest BCUT2D eigenvalue weighted by molar-refractivity contribution is -0.133. The molecule has 0 aliphatic heterocycles. The number of hydrogen-bond donors (Lipinski definition) is 2. The Labute approximate surface area is 136 Å². The molecule has 2 N–H and O–H groups in total. The second-order valence-electron chi connectivity index (χ2n) is 6.93. The number of carbonyl (C=O) groups is 2. The average Bonchev–Trinajstić information content (AvgIpc) is 3.12. The summed E-state index contributed by atoms with van der Waals surface area (Å²) >= 11 is 0. The fourth-order valence-corrected chi connectivity index (χ4v) is 3.99. The summed E-state index contributed by atoms with van der Waals surface area (Å²) in [5.41, 5.74) is 7.18. The maximum absolute atomic E-state index is 12.1. The Balaban J connectivity index is 1.42. The molecule has 2 aliphatic rings. The Hall–Kier alpha value is -2.04. The quantitative estimate of drug-likeness (QED) is 0.837. The number of amides is 2. The normalized spacial score (nSPS) is 25.2. The lowest BCUT2D eigenvalue weighted by atomic mass is 9.88. The van der Waals surface area contributed by atoms with Crippen molar-refractivity contribution < 1.29 is 14.3 Å². The molecule has 2 fully saturated rings. The van der Waals surface area contributed by atoms with Crippen molar-refractivity contribution in [2.24, 2.45) is 17.8 Å². The minimum Gasteiger partial charge on any atom is -0.484 e. The standard InChI is InChI=1S/C18H24N2O3/c1-11-5-12(2)7-15(6-11)23-10-17(21)19-20-18(22)16-9-13-3-4-14(16)8-13/h5-7,13-14,16H,3-4,8-10H2,1-2H3,(H,19,21)(H,20,22). The van der Waals surface area contributed by atoms with Crippen molar-refractivity contribution in [1.29, 1.82) is 0 Å². The fourth-order valence-electron chi connectivity index (χ4n) is 3.99. The first kappa shape index (κ1) is 15.8. The van der Waals surface area contributed by atoms with Gasteiger partial charge in [-0.25, -0.2) is 0 Å². The Bertz CT molecular complexity index is 594. The number of hydrogen-bond acceptors (Lipinski definition) is 3. The van der Waals surface area contributed by atoms with E-state index in [4.69, 9.17) is 4.74 Å². The molecule has 1 aromatic carbocycles. The van der Waals surface area contributed by atoms with Gasteiger partial charge in [0.2, 0.25) is 5.91 Å². The number of aryl methyl sites for hydroxylation is 2. The summed E-state index contributed by atoms with van der Waals surface area (Å²) in [5.74, 6) is 1.53. The van der Waals surface area contributed by atoms with Crippen molar-refractivity contribution in [1.82, 2.24) is 10.9 Å². The van der Waals surface area contributed by atoms with Crippen molar-refractivity contribution in [3.8, 4) is 5.75 Å². The number of benzene rings is 1. The zero-order chi connectivity index (χ0) is 16.4. The lowest BCUT2D eigenvalue weighted by Gasteiger charge is -2.20. The fraction of sp³-hybridized carbons (Fsp3) is 0.556. The van der Waals surface area contributed by atoms with Crippen LogP contribution >= 0.6 is 0 Å². The van der Waals surface area contributed by atoms with Crippen LogP contribution in [0.3, 0.4) is 0 Å². The van der Waals surface area contributed by atoms with Crippen molar-refractivity contribution in [3.63, 3.8) is 0 Å². The van der Waals surface area contributed by atoms with Crippen LogP contribution in [0.1, 0.15) is 36.8 Å². The van der Waals surface area contributed by atoms with Crippen LogP contribution in [0.4, 0.5) is 0 Å². The molecule has 5 heteroatoms. The molecule has 2 aliphatic carbocycles. The third-order valence-electron chi connectivity index (χ3n) is 4.97. The number of ether oxygens (including phenoxy) is 1. The van der Waals surface area contributed by atoms with Crippen LogP contribution in [-0.4, -0.2) is 18.4 Å². The second-order valence-corrected chi connectivity index (χ2v) is 6.93. The van der Waals surface area contributed by atoms with Crippen LogP contribution < -0.4 is 15.6 Å². The number of fused-ring (bicyclic) bond motifs is 2. The summed E-state index contributed by atoms with van der Waals surface area (Å²) < 4.78 is 5.47. The first-order valence-corrected chi connectivity index (χ1v) is 8.31. The summed E-state index contributed by atoms with van der Waals surface area (Å²) in [7, 11) is 0. The van der Waals surface area contributed by atoms with Gasteiger partial charge >= 0.3 is 0 Å². The largest absolute Gasteiger partial charge is 0.484 e. The van der Waals surface area contributed by atoms with Crippen molar-refractivity contribution in [3.05, 3.63) is 29.3 Å². The maximum Gasteiger partial charge on any atom is 0.276 e. The highest BCUT2D eigenvalue weighted by Crippen LogP contribution is 2.48. The highest BCUT2D eigenvalue weighted by atomic mass is 16.5. The van der Waals surface area contributed by atoms with Gasteiger partial charge in [-0.05, 0) is 68.2 Å². The van der Waals surface area contributed by atoms with E-state index in [1.54, 1.807) is 0 Å². The van der Waals surface area contributed by atoms with E-state index < -0.39 is 0 Å². The first-order valence-electron chi connectivity index (χ1n) is 8.31. The van der Waals surface area contributed by atoms with E-state index in [9.17, 15) is 9.59 Å². The third-order valence-corrected chi connectivity index (χ3v) is 4.97. The summed E-state index contributed by atoms with van der Waals surface area (Å²) in [4.78, 5) is 24.0. The first-order chi connectivity index (χ1) is 11.0. The number of nitrogens with one attached hydrogen (secondary N) is 2. The molecule has 3 atom stereocenters. The van der Waals surface area contributed by atoms with E-state index in [0.29, 0.717) is 17.6 Å². The van der Waals surface area contributed by atoms with Gasteiger partial charge < -0.3 is 4.74 Å². The zero-order valence-electron chi connectivity index (χ0n) is 13.7. The molecule has 3 unspecified atom stereocenters. The van der Waals surface area contributed by atoms with Crippen LogP contribution in [0, 0.1) is 31.6 Å². The molecule has 1 aromatic rings. The van der Waals surface area contributed by atoms with E-state index in [0.717, 1.165) is 24.0 Å². The SMILES string of the molecule is Cc1cc(C)cc(OCC(=O)NNC(=O)C2CC3CCC2C3)c1. The average molecular weight is 316 g/mol. The van der Waals surface area contributed by atoms with E-state index in [1.807, 2.05) is 32.0 Å². The smallest absolute Gasteiger partial charge is 0.276 e. The van der Waals surface area contributed by atoms with Crippen LogP contribution in [0.15, 0.2) is 18.2 Å². The van der Waals surface area contributed by atoms with Crippen LogP contribution in [0.25, 0.3) is 0 Å². The molecule has 0 radical (unpaired) electrons.